The molecule has 2 atom stereocenters. The Kier molecular flexibility index (Phi) is 9.21. The number of esters is 1. The number of ether oxygens (including phenoxy) is 1. The summed E-state index contributed by atoms with van der Waals surface area (Å²) in [6.07, 6.45) is 5.45. The lowest BCUT2D eigenvalue weighted by atomic mass is 9.98. The summed E-state index contributed by atoms with van der Waals surface area (Å²) in [5, 5.41) is 15.1. The molecule has 28 heavy (non-hydrogen) atoms. The average molecular weight is 388 g/mol. The first-order valence-corrected chi connectivity index (χ1v) is 9.61. The zero-order valence-electron chi connectivity index (χ0n) is 15.9. The molecule has 1 aliphatic heterocycles. The maximum atomic E-state index is 12.4. The topological polar surface area (TPSA) is 105 Å². The van der Waals surface area contributed by atoms with Crippen LogP contribution in [0.1, 0.15) is 31.2 Å². The van der Waals surface area contributed by atoms with Gasteiger partial charge in [-0.2, -0.15) is 0 Å². The summed E-state index contributed by atoms with van der Waals surface area (Å²) in [6.45, 7) is 0.166. The molecular formula is C21H28N2O5. The number of rotatable bonds is 6. The van der Waals surface area contributed by atoms with Crippen LogP contribution in [0.5, 0.6) is 0 Å². The van der Waals surface area contributed by atoms with Crippen molar-refractivity contribution in [3.05, 3.63) is 48.0 Å². The quantitative estimate of drug-likeness (QED) is 0.500. The van der Waals surface area contributed by atoms with E-state index in [2.05, 4.69) is 10.6 Å². The molecule has 2 rings (SSSR count). The highest BCUT2D eigenvalue weighted by atomic mass is 16.5. The van der Waals surface area contributed by atoms with E-state index in [9.17, 15) is 19.5 Å². The molecule has 0 saturated heterocycles. The molecule has 0 bridgehead atoms. The van der Waals surface area contributed by atoms with Gasteiger partial charge in [0.25, 0.3) is 0 Å². The molecule has 0 saturated carbocycles. The Morgan fingerprint density at radius 3 is 2.79 bits per heavy atom. The van der Waals surface area contributed by atoms with Gasteiger partial charge in [-0.05, 0) is 24.8 Å². The summed E-state index contributed by atoms with van der Waals surface area (Å²) in [5.74, 6) is -1.33. The molecule has 7 heteroatoms. The molecule has 0 radical (unpaired) electrons. The molecule has 2 amide bonds. The van der Waals surface area contributed by atoms with Gasteiger partial charge in [0.05, 0.1) is 25.1 Å². The van der Waals surface area contributed by atoms with Gasteiger partial charge >= 0.3 is 5.97 Å². The van der Waals surface area contributed by atoms with Crippen molar-refractivity contribution in [1.29, 1.82) is 0 Å². The van der Waals surface area contributed by atoms with Gasteiger partial charge in [-0.1, -0.05) is 42.5 Å². The second kappa shape index (κ2) is 11.9. The zero-order chi connectivity index (χ0) is 20.2. The maximum absolute atomic E-state index is 12.4. The second-order valence-corrected chi connectivity index (χ2v) is 6.80. The minimum atomic E-state index is -0.512. The first-order valence-electron chi connectivity index (χ1n) is 9.61. The molecule has 3 N–H and O–H groups in total. The minimum Gasteiger partial charge on any atom is -0.464 e. The third kappa shape index (κ3) is 7.92. The average Bonchev–Trinajstić information content (AvgIpc) is 2.69. The van der Waals surface area contributed by atoms with Crippen LogP contribution in [-0.4, -0.2) is 48.7 Å². The molecule has 7 nitrogen and oxygen atoms in total. The number of amides is 2. The molecule has 0 aromatic heterocycles. The molecule has 0 fully saturated rings. The number of carbonyl (C=O) groups is 3. The standard InChI is InChI=1S/C21H28N2O5/c24-15-18(13-16-7-3-1-4-8-16)23-19(25)14-17-9-5-2-6-10-20(26)28-12-11-22-21(17)27/h1-5,7-8,17-18,24H,6,9-15H2,(H,22,27)(H,23,25). The molecular weight excluding hydrogens is 360 g/mol. The molecule has 1 aliphatic rings. The van der Waals surface area contributed by atoms with Crippen molar-refractivity contribution in [3.8, 4) is 0 Å². The molecule has 1 heterocycles. The number of nitrogens with one attached hydrogen (secondary N) is 2. The van der Waals surface area contributed by atoms with E-state index in [1.807, 2.05) is 42.5 Å². The zero-order valence-corrected chi connectivity index (χ0v) is 15.9. The summed E-state index contributed by atoms with van der Waals surface area (Å²) >= 11 is 0. The largest absolute Gasteiger partial charge is 0.464 e. The fourth-order valence-electron chi connectivity index (χ4n) is 2.99. The predicted octanol–water partition coefficient (Wildman–Crippen LogP) is 1.11. The van der Waals surface area contributed by atoms with Crippen LogP contribution in [0, 0.1) is 5.92 Å². The number of carbonyl (C=O) groups excluding carboxylic acids is 3. The van der Waals surface area contributed by atoms with Gasteiger partial charge in [0, 0.05) is 12.8 Å². The Labute approximate surface area is 165 Å². The molecule has 1 aromatic carbocycles. The van der Waals surface area contributed by atoms with Crippen molar-refractivity contribution in [2.24, 2.45) is 5.92 Å². The van der Waals surface area contributed by atoms with Crippen molar-refractivity contribution in [1.82, 2.24) is 10.6 Å². The van der Waals surface area contributed by atoms with Gasteiger partial charge < -0.3 is 20.5 Å². The fraction of sp³-hybridized carbons (Fsp3) is 0.476. The lowest BCUT2D eigenvalue weighted by molar-refractivity contribution is -0.144. The fourth-order valence-corrected chi connectivity index (χ4v) is 2.99. The summed E-state index contributed by atoms with van der Waals surface area (Å²) in [5.41, 5.74) is 1.02. The monoisotopic (exact) mass is 388 g/mol. The van der Waals surface area contributed by atoms with Gasteiger partial charge in [-0.3, -0.25) is 14.4 Å². The molecule has 152 valence electrons. The van der Waals surface area contributed by atoms with Crippen LogP contribution in [0.3, 0.4) is 0 Å². The van der Waals surface area contributed by atoms with Crippen LogP contribution in [-0.2, 0) is 25.5 Å². The van der Waals surface area contributed by atoms with Crippen molar-refractivity contribution >= 4 is 17.8 Å². The number of aliphatic hydroxyl groups is 1. The van der Waals surface area contributed by atoms with Crippen LogP contribution in [0.25, 0.3) is 0 Å². The number of allylic oxidation sites excluding steroid dienone is 2. The van der Waals surface area contributed by atoms with Gasteiger partial charge in [0.1, 0.15) is 6.61 Å². The highest BCUT2D eigenvalue weighted by Crippen LogP contribution is 2.12. The number of benzene rings is 1. The van der Waals surface area contributed by atoms with E-state index in [1.54, 1.807) is 0 Å². The van der Waals surface area contributed by atoms with Crippen LogP contribution in [0.2, 0.25) is 0 Å². The first-order chi connectivity index (χ1) is 13.6. The highest BCUT2D eigenvalue weighted by Gasteiger charge is 2.22. The van der Waals surface area contributed by atoms with E-state index in [0.29, 0.717) is 25.7 Å². The van der Waals surface area contributed by atoms with E-state index in [4.69, 9.17) is 4.74 Å². The second-order valence-electron chi connectivity index (χ2n) is 6.80. The van der Waals surface area contributed by atoms with Crippen molar-refractivity contribution < 1.29 is 24.2 Å². The SMILES string of the molecule is O=C(CC1CC=CCCC(=O)OCCNC1=O)NC(CO)Cc1ccccc1. The Hall–Kier alpha value is -2.67. The van der Waals surface area contributed by atoms with Gasteiger partial charge in [-0.15, -0.1) is 0 Å². The van der Waals surface area contributed by atoms with Crippen molar-refractivity contribution in [3.63, 3.8) is 0 Å². The number of cyclic esters (lactones) is 1. The highest BCUT2D eigenvalue weighted by molar-refractivity contribution is 5.86. The molecule has 2 unspecified atom stereocenters. The van der Waals surface area contributed by atoms with Crippen LogP contribution < -0.4 is 10.6 Å². The van der Waals surface area contributed by atoms with E-state index in [-0.39, 0.29) is 44.0 Å². The van der Waals surface area contributed by atoms with Gasteiger partial charge in [-0.25, -0.2) is 0 Å². The first kappa shape index (κ1) is 21.6. The minimum absolute atomic E-state index is 0.0290. The van der Waals surface area contributed by atoms with Crippen LogP contribution in [0.15, 0.2) is 42.5 Å². The predicted molar refractivity (Wildman–Crippen MR) is 104 cm³/mol. The molecule has 1 aromatic rings. The third-order valence-electron chi connectivity index (χ3n) is 4.48. The van der Waals surface area contributed by atoms with E-state index < -0.39 is 12.0 Å². The van der Waals surface area contributed by atoms with Gasteiger partial charge in [0.2, 0.25) is 11.8 Å². The number of hydrogen-bond donors (Lipinski definition) is 3. The Bertz CT molecular complexity index is 675. The Morgan fingerprint density at radius 2 is 2.04 bits per heavy atom. The number of hydrogen-bond acceptors (Lipinski definition) is 5. The lowest BCUT2D eigenvalue weighted by Gasteiger charge is -2.19. The smallest absolute Gasteiger partial charge is 0.306 e. The van der Waals surface area contributed by atoms with Gasteiger partial charge in [0.15, 0.2) is 0 Å². The summed E-state index contributed by atoms with van der Waals surface area (Å²) in [7, 11) is 0. The van der Waals surface area contributed by atoms with Crippen LogP contribution in [0.4, 0.5) is 0 Å². The lowest BCUT2D eigenvalue weighted by Crippen LogP contribution is -2.42. The summed E-state index contributed by atoms with van der Waals surface area (Å²) in [6, 6.07) is 9.19. The van der Waals surface area contributed by atoms with Crippen molar-refractivity contribution in [2.45, 2.75) is 38.1 Å². The van der Waals surface area contributed by atoms with Crippen LogP contribution >= 0.6 is 0 Å². The molecule has 0 spiro atoms. The van der Waals surface area contributed by atoms with E-state index in [0.717, 1.165) is 5.56 Å². The molecule has 0 aliphatic carbocycles. The number of aliphatic hydroxyl groups excluding tert-OH is 1. The Morgan fingerprint density at radius 1 is 1.25 bits per heavy atom. The third-order valence-corrected chi connectivity index (χ3v) is 4.48. The Balaban J connectivity index is 1.91. The summed E-state index contributed by atoms with van der Waals surface area (Å²) < 4.78 is 5.01. The summed E-state index contributed by atoms with van der Waals surface area (Å²) in [4.78, 5) is 36.2. The van der Waals surface area contributed by atoms with Crippen molar-refractivity contribution in [2.75, 3.05) is 19.8 Å². The maximum Gasteiger partial charge on any atom is 0.306 e. The van der Waals surface area contributed by atoms with E-state index >= 15 is 0 Å². The normalized spacial score (nSPS) is 19.5. The van der Waals surface area contributed by atoms with E-state index in [1.165, 1.54) is 0 Å².